The number of hydrogen-bond acceptors (Lipinski definition) is 5. The van der Waals surface area contributed by atoms with E-state index in [0.717, 1.165) is 24.6 Å². The molecular formula is C16H17F2N3O6. The van der Waals surface area contributed by atoms with E-state index in [1.54, 1.807) is 0 Å². The monoisotopic (exact) mass is 385 g/mol. The molecule has 1 aromatic carbocycles. The van der Waals surface area contributed by atoms with Gasteiger partial charge in [0.05, 0.1) is 16.0 Å². The maximum atomic E-state index is 12.5. The van der Waals surface area contributed by atoms with Crippen molar-refractivity contribution < 1.29 is 33.1 Å². The first-order chi connectivity index (χ1) is 12.7. The van der Waals surface area contributed by atoms with Crippen molar-refractivity contribution >= 4 is 23.4 Å². The first-order valence-electron chi connectivity index (χ1n) is 8.25. The van der Waals surface area contributed by atoms with Crippen LogP contribution in [-0.2, 0) is 4.79 Å². The van der Waals surface area contributed by atoms with Crippen LogP contribution in [0.25, 0.3) is 0 Å². The molecule has 3 rings (SSSR count). The largest absolute Gasteiger partial charge is 0.481 e. The number of carboxylic acid groups (broad SMARTS) is 1. The Morgan fingerprint density at radius 3 is 2.78 bits per heavy atom. The minimum absolute atomic E-state index is 0.00119. The Kier molecular flexibility index (Phi) is 4.85. The van der Waals surface area contributed by atoms with Gasteiger partial charge in [-0.25, -0.2) is 4.79 Å². The van der Waals surface area contributed by atoms with Crippen molar-refractivity contribution in [2.45, 2.75) is 25.9 Å². The van der Waals surface area contributed by atoms with Gasteiger partial charge in [-0.15, -0.1) is 0 Å². The van der Waals surface area contributed by atoms with Crippen molar-refractivity contribution in [3.8, 4) is 5.75 Å². The zero-order valence-corrected chi connectivity index (χ0v) is 14.1. The highest BCUT2D eigenvalue weighted by atomic mass is 19.3. The average molecular weight is 385 g/mol. The van der Waals surface area contributed by atoms with Gasteiger partial charge < -0.3 is 20.1 Å². The van der Waals surface area contributed by atoms with Crippen LogP contribution >= 0.6 is 0 Å². The van der Waals surface area contributed by atoms with Crippen LogP contribution in [0.15, 0.2) is 18.2 Å². The molecule has 0 bridgehead atoms. The summed E-state index contributed by atoms with van der Waals surface area (Å²) in [5.74, 6) is -1.56. The number of nitro groups is 1. The number of fused-ring (bicyclic) bond motifs is 1. The van der Waals surface area contributed by atoms with Gasteiger partial charge in [0.1, 0.15) is 5.75 Å². The van der Waals surface area contributed by atoms with E-state index >= 15 is 0 Å². The molecular weight excluding hydrogens is 368 g/mol. The zero-order chi connectivity index (χ0) is 19.8. The Labute approximate surface area is 152 Å². The highest BCUT2D eigenvalue weighted by Crippen LogP contribution is 2.49. The number of nitrogens with zero attached hydrogens (tertiary/aromatic N) is 2. The van der Waals surface area contributed by atoms with Crippen molar-refractivity contribution in [2.24, 2.45) is 11.3 Å². The molecule has 0 unspecified atom stereocenters. The smallest absolute Gasteiger partial charge is 0.387 e. The van der Waals surface area contributed by atoms with Gasteiger partial charge in [0.2, 0.25) is 0 Å². The predicted molar refractivity (Wildman–Crippen MR) is 87.7 cm³/mol. The summed E-state index contributed by atoms with van der Waals surface area (Å²) < 4.78 is 29.4. The lowest BCUT2D eigenvalue weighted by atomic mass is 9.81. The van der Waals surface area contributed by atoms with Crippen LogP contribution in [0.1, 0.15) is 19.3 Å². The number of nitro benzene ring substituents is 1. The molecule has 1 aliphatic heterocycles. The molecule has 0 aromatic heterocycles. The predicted octanol–water partition coefficient (Wildman–Crippen LogP) is 2.91. The van der Waals surface area contributed by atoms with E-state index in [2.05, 4.69) is 10.1 Å². The molecule has 1 heterocycles. The van der Waals surface area contributed by atoms with E-state index < -0.39 is 40.4 Å². The van der Waals surface area contributed by atoms with E-state index in [4.69, 9.17) is 0 Å². The topological polar surface area (TPSA) is 122 Å². The number of carbonyl (C=O) groups is 2. The maximum Gasteiger partial charge on any atom is 0.387 e. The van der Waals surface area contributed by atoms with E-state index in [1.165, 1.54) is 4.90 Å². The van der Waals surface area contributed by atoms with Crippen LogP contribution in [0.3, 0.4) is 0 Å². The summed E-state index contributed by atoms with van der Waals surface area (Å²) in [7, 11) is 0. The molecule has 11 heteroatoms. The van der Waals surface area contributed by atoms with Gasteiger partial charge in [-0.05, 0) is 24.8 Å². The van der Waals surface area contributed by atoms with Gasteiger partial charge in [0.15, 0.2) is 0 Å². The van der Waals surface area contributed by atoms with Gasteiger partial charge in [-0.2, -0.15) is 8.78 Å². The Hall–Kier alpha value is -2.98. The molecule has 2 amide bonds. The van der Waals surface area contributed by atoms with Crippen molar-refractivity contribution in [1.82, 2.24) is 4.90 Å². The minimum atomic E-state index is -3.18. The number of likely N-dealkylation sites (tertiary alicyclic amines) is 1. The maximum absolute atomic E-state index is 12.5. The van der Waals surface area contributed by atoms with Crippen molar-refractivity contribution in [2.75, 3.05) is 18.4 Å². The fraction of sp³-hybridized carbons (Fsp3) is 0.500. The summed E-state index contributed by atoms with van der Waals surface area (Å²) in [6.45, 7) is -2.96. The quantitative estimate of drug-likeness (QED) is 0.594. The number of benzene rings is 1. The number of alkyl halides is 2. The van der Waals surface area contributed by atoms with Crippen molar-refractivity contribution in [3.63, 3.8) is 0 Å². The number of halogens is 2. The van der Waals surface area contributed by atoms with Gasteiger partial charge in [0, 0.05) is 25.2 Å². The Bertz CT molecular complexity index is 789. The SMILES string of the molecule is O=C(Nc1cc([N+](=O)[O-])ccc1OC(F)F)N1C[C@@H]2CCC[C@@]2(C(=O)O)C1. The first-order valence-corrected chi connectivity index (χ1v) is 8.25. The van der Waals surface area contributed by atoms with E-state index in [-0.39, 0.29) is 24.7 Å². The third-order valence-electron chi connectivity index (χ3n) is 5.22. The summed E-state index contributed by atoms with van der Waals surface area (Å²) in [5.41, 5.74) is -1.69. The molecule has 9 nitrogen and oxygen atoms in total. The second-order valence-corrected chi connectivity index (χ2v) is 6.68. The van der Waals surface area contributed by atoms with Crippen LogP contribution in [0.5, 0.6) is 5.75 Å². The van der Waals surface area contributed by atoms with E-state index in [9.17, 15) is 33.6 Å². The number of amides is 2. The van der Waals surface area contributed by atoms with Crippen LogP contribution in [0.4, 0.5) is 25.0 Å². The second-order valence-electron chi connectivity index (χ2n) is 6.68. The lowest BCUT2D eigenvalue weighted by Gasteiger charge is -2.23. The Balaban J connectivity index is 1.80. The lowest BCUT2D eigenvalue weighted by molar-refractivity contribution is -0.384. The molecule has 2 aliphatic rings. The molecule has 27 heavy (non-hydrogen) atoms. The molecule has 2 fully saturated rings. The second kappa shape index (κ2) is 6.97. The summed E-state index contributed by atoms with van der Waals surface area (Å²) in [6, 6.07) is 2.15. The highest BCUT2D eigenvalue weighted by Gasteiger charge is 2.55. The fourth-order valence-corrected chi connectivity index (χ4v) is 3.92. The van der Waals surface area contributed by atoms with Crippen LogP contribution in [0.2, 0.25) is 0 Å². The van der Waals surface area contributed by atoms with Crippen molar-refractivity contribution in [3.05, 3.63) is 28.3 Å². The van der Waals surface area contributed by atoms with E-state index in [0.29, 0.717) is 12.8 Å². The minimum Gasteiger partial charge on any atom is -0.481 e. The molecule has 1 saturated carbocycles. The Morgan fingerprint density at radius 1 is 1.44 bits per heavy atom. The molecule has 0 spiro atoms. The molecule has 2 N–H and O–H groups in total. The summed E-state index contributed by atoms with van der Waals surface area (Å²) in [4.78, 5) is 35.7. The number of nitrogens with one attached hydrogen (secondary N) is 1. The van der Waals surface area contributed by atoms with Gasteiger partial charge in [-0.3, -0.25) is 14.9 Å². The summed E-state index contributed by atoms with van der Waals surface area (Å²) in [6.07, 6.45) is 1.92. The van der Waals surface area contributed by atoms with Crippen LogP contribution in [0, 0.1) is 21.4 Å². The van der Waals surface area contributed by atoms with Crippen LogP contribution < -0.4 is 10.1 Å². The number of aliphatic carboxylic acids is 1. The molecule has 1 aromatic rings. The number of non-ortho nitro benzene ring substituents is 1. The summed E-state index contributed by atoms with van der Waals surface area (Å²) >= 11 is 0. The number of carboxylic acids is 1. The first kappa shape index (κ1) is 18.8. The normalized spacial score (nSPS) is 24.0. The number of rotatable bonds is 5. The van der Waals surface area contributed by atoms with Gasteiger partial charge >= 0.3 is 18.6 Å². The van der Waals surface area contributed by atoms with Crippen LogP contribution in [-0.4, -0.2) is 46.6 Å². The third-order valence-corrected chi connectivity index (χ3v) is 5.22. The van der Waals surface area contributed by atoms with Gasteiger partial charge in [0.25, 0.3) is 5.69 Å². The molecule has 0 radical (unpaired) electrons. The number of urea groups is 1. The van der Waals surface area contributed by atoms with E-state index in [1.807, 2.05) is 0 Å². The number of hydrogen-bond donors (Lipinski definition) is 2. The number of anilines is 1. The molecule has 1 aliphatic carbocycles. The number of ether oxygens (including phenoxy) is 1. The lowest BCUT2D eigenvalue weighted by Crippen LogP contribution is -2.38. The standard InChI is InChI=1S/C16H17F2N3O6/c17-14(18)27-12-4-3-10(21(25)26)6-11(12)19-15(24)20-7-9-2-1-5-16(9,8-20)13(22)23/h3-4,6,9,14H,1-2,5,7-8H2,(H,19,24)(H,22,23)/t9-,16+/m0/s1. The molecule has 1 saturated heterocycles. The molecule has 146 valence electrons. The third kappa shape index (κ3) is 3.49. The zero-order valence-electron chi connectivity index (χ0n) is 14.1. The van der Waals surface area contributed by atoms with Gasteiger partial charge in [-0.1, -0.05) is 6.42 Å². The average Bonchev–Trinajstić information content (AvgIpc) is 3.14. The van der Waals surface area contributed by atoms with Crippen molar-refractivity contribution in [1.29, 1.82) is 0 Å². The molecule has 2 atom stereocenters. The highest BCUT2D eigenvalue weighted by molar-refractivity contribution is 5.92. The number of carbonyl (C=O) groups excluding carboxylic acids is 1. The Morgan fingerprint density at radius 2 is 2.19 bits per heavy atom. The summed E-state index contributed by atoms with van der Waals surface area (Å²) in [5, 5.41) is 22.8. The fourth-order valence-electron chi connectivity index (χ4n) is 3.92.